The maximum absolute atomic E-state index is 4.57. The van der Waals surface area contributed by atoms with E-state index in [1.165, 1.54) is 43.5 Å². The van der Waals surface area contributed by atoms with Crippen LogP contribution in [0.5, 0.6) is 0 Å². The molecule has 1 saturated carbocycles. The van der Waals surface area contributed by atoms with Gasteiger partial charge in [0.2, 0.25) is 0 Å². The van der Waals surface area contributed by atoms with Crippen LogP contribution in [0, 0.1) is 0 Å². The highest BCUT2D eigenvalue weighted by Crippen LogP contribution is 2.21. The minimum atomic E-state index is 0.778. The summed E-state index contributed by atoms with van der Waals surface area (Å²) in [5.41, 5.74) is 2.69. The SMILES string of the molecule is C1Cc2nc(CNC3CC3)[nH]c2C1. The summed E-state index contributed by atoms with van der Waals surface area (Å²) in [4.78, 5) is 7.98. The van der Waals surface area contributed by atoms with Crippen molar-refractivity contribution in [3.05, 3.63) is 17.2 Å². The summed E-state index contributed by atoms with van der Waals surface area (Å²) in [5, 5.41) is 3.47. The lowest BCUT2D eigenvalue weighted by Crippen LogP contribution is -2.16. The number of nitrogens with one attached hydrogen (secondary N) is 2. The van der Waals surface area contributed by atoms with Crippen molar-refractivity contribution in [3.63, 3.8) is 0 Å². The molecule has 1 aromatic rings. The molecule has 3 rings (SSSR count). The van der Waals surface area contributed by atoms with Crippen molar-refractivity contribution in [2.24, 2.45) is 0 Å². The first-order valence-corrected chi connectivity index (χ1v) is 5.22. The van der Waals surface area contributed by atoms with Crippen LogP contribution in [0.4, 0.5) is 0 Å². The fourth-order valence-corrected chi connectivity index (χ4v) is 1.96. The van der Waals surface area contributed by atoms with Gasteiger partial charge in [0, 0.05) is 11.7 Å². The predicted molar refractivity (Wildman–Crippen MR) is 50.5 cm³/mol. The molecule has 0 radical (unpaired) electrons. The van der Waals surface area contributed by atoms with Crippen molar-refractivity contribution < 1.29 is 0 Å². The van der Waals surface area contributed by atoms with E-state index in [0.29, 0.717) is 0 Å². The fourth-order valence-electron chi connectivity index (χ4n) is 1.96. The average Bonchev–Trinajstić information content (AvgIpc) is 2.71. The maximum Gasteiger partial charge on any atom is 0.120 e. The molecule has 0 atom stereocenters. The normalized spacial score (nSPS) is 20.6. The Morgan fingerprint density at radius 2 is 2.31 bits per heavy atom. The molecule has 0 bridgehead atoms. The first-order chi connectivity index (χ1) is 6.42. The highest BCUT2D eigenvalue weighted by Gasteiger charge is 2.21. The lowest BCUT2D eigenvalue weighted by atomic mass is 10.3. The molecule has 1 heterocycles. The Hall–Kier alpha value is -0.830. The van der Waals surface area contributed by atoms with E-state index >= 15 is 0 Å². The number of fused-ring (bicyclic) bond motifs is 1. The van der Waals surface area contributed by atoms with Gasteiger partial charge in [0.15, 0.2) is 0 Å². The van der Waals surface area contributed by atoms with Gasteiger partial charge in [-0.1, -0.05) is 0 Å². The molecule has 0 saturated heterocycles. The van der Waals surface area contributed by atoms with Crippen molar-refractivity contribution in [1.82, 2.24) is 15.3 Å². The predicted octanol–water partition coefficient (Wildman–Crippen LogP) is 1.15. The molecule has 0 amide bonds. The maximum atomic E-state index is 4.57. The molecule has 1 aromatic heterocycles. The Morgan fingerprint density at radius 1 is 1.38 bits per heavy atom. The van der Waals surface area contributed by atoms with E-state index in [9.17, 15) is 0 Å². The van der Waals surface area contributed by atoms with Gasteiger partial charge in [-0.05, 0) is 32.1 Å². The van der Waals surface area contributed by atoms with Crippen LogP contribution >= 0.6 is 0 Å². The summed E-state index contributed by atoms with van der Waals surface area (Å²) in [7, 11) is 0. The van der Waals surface area contributed by atoms with E-state index in [4.69, 9.17) is 0 Å². The second-order valence-corrected chi connectivity index (χ2v) is 4.12. The molecule has 13 heavy (non-hydrogen) atoms. The van der Waals surface area contributed by atoms with Gasteiger partial charge in [0.05, 0.1) is 12.2 Å². The number of nitrogens with zero attached hydrogens (tertiary/aromatic N) is 1. The van der Waals surface area contributed by atoms with E-state index in [2.05, 4.69) is 15.3 Å². The third-order valence-corrected chi connectivity index (χ3v) is 2.89. The van der Waals surface area contributed by atoms with Crippen LogP contribution in [0.15, 0.2) is 0 Å². The van der Waals surface area contributed by atoms with Crippen LogP contribution < -0.4 is 5.32 Å². The standard InChI is InChI=1S/C10H15N3/c1-2-8-9(3-1)13-10(12-8)6-11-7-4-5-7/h7,11H,1-6H2,(H,12,13). The Bertz CT molecular complexity index is 290. The second-order valence-electron chi connectivity index (χ2n) is 4.12. The van der Waals surface area contributed by atoms with Gasteiger partial charge in [-0.15, -0.1) is 0 Å². The minimum absolute atomic E-state index is 0.778. The number of aromatic amines is 1. The van der Waals surface area contributed by atoms with E-state index < -0.39 is 0 Å². The molecule has 0 aromatic carbocycles. The van der Waals surface area contributed by atoms with Gasteiger partial charge in [-0.25, -0.2) is 4.98 Å². The van der Waals surface area contributed by atoms with Crippen molar-refractivity contribution >= 4 is 0 Å². The van der Waals surface area contributed by atoms with Crippen molar-refractivity contribution in [2.75, 3.05) is 0 Å². The van der Waals surface area contributed by atoms with E-state index in [-0.39, 0.29) is 0 Å². The summed E-state index contributed by atoms with van der Waals surface area (Å²) in [6.45, 7) is 0.928. The summed E-state index contributed by atoms with van der Waals surface area (Å²) in [6, 6.07) is 0.778. The molecule has 0 unspecified atom stereocenters. The topological polar surface area (TPSA) is 40.7 Å². The smallest absolute Gasteiger partial charge is 0.120 e. The number of H-pyrrole nitrogens is 1. The number of aromatic nitrogens is 2. The van der Waals surface area contributed by atoms with Gasteiger partial charge in [0.25, 0.3) is 0 Å². The number of hydrogen-bond donors (Lipinski definition) is 2. The summed E-state index contributed by atoms with van der Waals surface area (Å²) in [5.74, 6) is 1.14. The van der Waals surface area contributed by atoms with Crippen LogP contribution in [-0.2, 0) is 19.4 Å². The third-order valence-electron chi connectivity index (χ3n) is 2.89. The van der Waals surface area contributed by atoms with Crippen molar-refractivity contribution in [1.29, 1.82) is 0 Å². The third kappa shape index (κ3) is 1.48. The first kappa shape index (κ1) is 7.56. The lowest BCUT2D eigenvalue weighted by molar-refractivity contribution is 0.658. The highest BCUT2D eigenvalue weighted by atomic mass is 15.0. The van der Waals surface area contributed by atoms with E-state index in [1.54, 1.807) is 0 Å². The molecule has 2 N–H and O–H groups in total. The summed E-state index contributed by atoms with van der Waals surface area (Å²) in [6.07, 6.45) is 6.35. The van der Waals surface area contributed by atoms with Crippen LogP contribution in [0.2, 0.25) is 0 Å². The van der Waals surface area contributed by atoms with Crippen molar-refractivity contribution in [3.8, 4) is 0 Å². The van der Waals surface area contributed by atoms with Gasteiger partial charge in [-0.2, -0.15) is 0 Å². The molecular formula is C10H15N3. The molecule has 3 heteroatoms. The van der Waals surface area contributed by atoms with Crippen LogP contribution in [0.25, 0.3) is 0 Å². The molecule has 0 spiro atoms. The van der Waals surface area contributed by atoms with Gasteiger partial charge < -0.3 is 10.3 Å². The first-order valence-electron chi connectivity index (χ1n) is 5.22. The number of aryl methyl sites for hydroxylation is 2. The number of imidazole rings is 1. The van der Waals surface area contributed by atoms with Gasteiger partial charge in [0.1, 0.15) is 5.82 Å². The molecule has 1 fully saturated rings. The summed E-state index contributed by atoms with van der Waals surface area (Å²) >= 11 is 0. The largest absolute Gasteiger partial charge is 0.345 e. The zero-order valence-corrected chi connectivity index (χ0v) is 7.77. The Morgan fingerprint density at radius 3 is 3.08 bits per heavy atom. The van der Waals surface area contributed by atoms with E-state index in [0.717, 1.165) is 18.4 Å². The zero-order chi connectivity index (χ0) is 8.67. The zero-order valence-electron chi connectivity index (χ0n) is 7.77. The lowest BCUT2D eigenvalue weighted by Gasteiger charge is -1.98. The Balaban J connectivity index is 1.67. The summed E-state index contributed by atoms with van der Waals surface area (Å²) < 4.78 is 0. The van der Waals surface area contributed by atoms with Gasteiger partial charge >= 0.3 is 0 Å². The van der Waals surface area contributed by atoms with Crippen LogP contribution in [0.3, 0.4) is 0 Å². The Labute approximate surface area is 78.0 Å². The van der Waals surface area contributed by atoms with Crippen LogP contribution in [0.1, 0.15) is 36.5 Å². The minimum Gasteiger partial charge on any atom is -0.345 e. The quantitative estimate of drug-likeness (QED) is 0.727. The fraction of sp³-hybridized carbons (Fsp3) is 0.700. The molecule has 0 aliphatic heterocycles. The molecule has 3 nitrogen and oxygen atoms in total. The Kier molecular flexibility index (Phi) is 1.65. The molecule has 70 valence electrons. The van der Waals surface area contributed by atoms with Crippen LogP contribution in [-0.4, -0.2) is 16.0 Å². The second kappa shape index (κ2) is 2.84. The number of hydrogen-bond acceptors (Lipinski definition) is 2. The van der Waals surface area contributed by atoms with Gasteiger partial charge in [-0.3, -0.25) is 0 Å². The van der Waals surface area contributed by atoms with E-state index in [1.807, 2.05) is 0 Å². The number of rotatable bonds is 3. The monoisotopic (exact) mass is 177 g/mol. The molecule has 2 aliphatic carbocycles. The highest BCUT2D eigenvalue weighted by molar-refractivity contribution is 5.19. The molecular weight excluding hydrogens is 162 g/mol. The average molecular weight is 177 g/mol. The molecule has 2 aliphatic rings. The van der Waals surface area contributed by atoms with Crippen molar-refractivity contribution in [2.45, 2.75) is 44.7 Å².